The number of hydrogen-bond donors (Lipinski definition) is 5. The zero-order valence-corrected chi connectivity index (χ0v) is 9.76. The fourth-order valence-electron chi connectivity index (χ4n) is 0.284. The van der Waals surface area contributed by atoms with Crippen molar-refractivity contribution in [2.75, 3.05) is 0 Å². The zero-order chi connectivity index (χ0) is 10.9. The van der Waals surface area contributed by atoms with Crippen LogP contribution in [0.4, 0.5) is 0 Å². The number of rotatable bonds is 4. The van der Waals surface area contributed by atoms with Crippen LogP contribution >= 0.6 is 23.5 Å². The van der Waals surface area contributed by atoms with Crippen LogP contribution in [-0.4, -0.2) is 47.5 Å². The molecule has 0 aliphatic carbocycles. The molecule has 0 saturated heterocycles. The molecule has 0 amide bonds. The minimum absolute atomic E-state index is 0. The van der Waals surface area contributed by atoms with E-state index >= 15 is 0 Å². The Bertz CT molecular complexity index is 283. The molecule has 0 aliphatic heterocycles. The first-order chi connectivity index (χ1) is 5.41. The topological polar surface area (TPSA) is 171 Å². The second kappa shape index (κ2) is 7.20. The van der Waals surface area contributed by atoms with Crippen molar-refractivity contribution in [2.24, 2.45) is 0 Å². The van der Waals surface area contributed by atoms with Gasteiger partial charge in [-0.1, -0.05) is 0 Å². The van der Waals surface area contributed by atoms with E-state index < -0.39 is 23.5 Å². The SMILES string of the molecule is O=P(O)(O)OP(=O)(O)OP(=O)(O)O.[Fe].[MgH2]. The fourth-order valence-corrected chi connectivity index (χ4v) is 2.82. The molecular weight excluding hydrogens is 333 g/mol. The molecule has 0 bridgehead atoms. The summed E-state index contributed by atoms with van der Waals surface area (Å²) in [4.78, 5) is 40.2. The van der Waals surface area contributed by atoms with E-state index in [1.807, 2.05) is 0 Å². The van der Waals surface area contributed by atoms with Crippen molar-refractivity contribution in [3.05, 3.63) is 0 Å². The molecule has 0 unspecified atom stereocenters. The first-order valence-electron chi connectivity index (χ1n) is 2.28. The van der Waals surface area contributed by atoms with Gasteiger partial charge in [-0.2, -0.15) is 8.62 Å². The Balaban J connectivity index is -0.000000720. The van der Waals surface area contributed by atoms with Gasteiger partial charge in [0.15, 0.2) is 0 Å². The normalized spacial score (nSPS) is 12.6. The first kappa shape index (κ1) is 21.9. The summed E-state index contributed by atoms with van der Waals surface area (Å²) in [6.07, 6.45) is 0. The first-order valence-corrected chi connectivity index (χ1v) is 6.83. The summed E-state index contributed by atoms with van der Waals surface area (Å²) in [5.74, 6) is 0. The van der Waals surface area contributed by atoms with Crippen molar-refractivity contribution in [3.8, 4) is 0 Å². The van der Waals surface area contributed by atoms with Crippen LogP contribution in [-0.2, 0) is 39.4 Å². The summed E-state index contributed by atoms with van der Waals surface area (Å²) in [5.41, 5.74) is 0. The van der Waals surface area contributed by atoms with E-state index in [4.69, 9.17) is 24.5 Å². The van der Waals surface area contributed by atoms with Crippen molar-refractivity contribution < 1.29 is 63.9 Å². The van der Waals surface area contributed by atoms with E-state index in [-0.39, 0.29) is 40.1 Å². The summed E-state index contributed by atoms with van der Waals surface area (Å²) >= 11 is 0. The van der Waals surface area contributed by atoms with Gasteiger partial charge < -0.3 is 24.5 Å². The molecule has 0 aliphatic rings. The van der Waals surface area contributed by atoms with Gasteiger partial charge in [-0.3, -0.25) is 0 Å². The minimum Gasteiger partial charge on any atom is -0.302 e. The van der Waals surface area contributed by atoms with Gasteiger partial charge >= 0.3 is 46.5 Å². The summed E-state index contributed by atoms with van der Waals surface area (Å²) in [5, 5.41) is 0. The summed E-state index contributed by atoms with van der Waals surface area (Å²) in [6.45, 7) is 0. The quantitative estimate of drug-likeness (QED) is 0.296. The minimum atomic E-state index is -5.46. The second-order valence-electron chi connectivity index (χ2n) is 1.61. The Morgan fingerprint density at radius 2 is 0.933 bits per heavy atom. The van der Waals surface area contributed by atoms with Crippen molar-refractivity contribution in [1.29, 1.82) is 0 Å². The average molecular weight is 340 g/mol. The van der Waals surface area contributed by atoms with E-state index in [9.17, 15) is 13.7 Å². The van der Waals surface area contributed by atoms with Crippen LogP contribution < -0.4 is 0 Å². The third-order valence-corrected chi connectivity index (χ3v) is 3.77. The monoisotopic (exact) mass is 340 g/mol. The van der Waals surface area contributed by atoms with Gasteiger partial charge in [0.05, 0.1) is 0 Å². The van der Waals surface area contributed by atoms with Crippen LogP contribution in [0.15, 0.2) is 0 Å². The molecule has 0 rings (SSSR count). The van der Waals surface area contributed by atoms with Gasteiger partial charge in [0.2, 0.25) is 0 Å². The van der Waals surface area contributed by atoms with Crippen LogP contribution in [0, 0.1) is 0 Å². The van der Waals surface area contributed by atoms with Gasteiger partial charge in [-0.05, 0) is 0 Å². The van der Waals surface area contributed by atoms with Crippen LogP contribution in [0.1, 0.15) is 0 Å². The van der Waals surface area contributed by atoms with E-state index in [0.717, 1.165) is 0 Å². The van der Waals surface area contributed by atoms with Crippen LogP contribution in [0.3, 0.4) is 0 Å². The molecule has 15 heavy (non-hydrogen) atoms. The largest absolute Gasteiger partial charge is 0.490 e. The standard InChI is InChI=1S/Fe.Mg.H5O10P3.2H/c;;1-11(2,3)9-13(7,8)10-12(4,5)6;;/h;;(H,7,8)(H2,1,2,3)(H2,4,5,6);;. The molecule has 0 aromatic carbocycles. The maximum absolute atomic E-state index is 10.4. The molecule has 0 atom stereocenters. The maximum Gasteiger partial charge on any atom is 0.490 e. The molecule has 92 valence electrons. The molecule has 15 heteroatoms. The molecule has 0 radical (unpaired) electrons. The van der Waals surface area contributed by atoms with Crippen molar-refractivity contribution in [2.45, 2.75) is 0 Å². The Morgan fingerprint density at radius 1 is 0.733 bits per heavy atom. The zero-order valence-electron chi connectivity index (χ0n) is 5.97. The Hall–Kier alpha value is 1.70. The molecule has 0 saturated carbocycles. The Morgan fingerprint density at radius 3 is 1.07 bits per heavy atom. The van der Waals surface area contributed by atoms with Gasteiger partial charge in [0.1, 0.15) is 0 Å². The van der Waals surface area contributed by atoms with Crippen molar-refractivity contribution >= 4 is 46.5 Å². The third kappa shape index (κ3) is 15.7. The molecular formula is H7FeMgO10P3. The molecule has 0 fully saturated rings. The molecule has 10 nitrogen and oxygen atoms in total. The third-order valence-electron chi connectivity index (χ3n) is 0.419. The van der Waals surface area contributed by atoms with Gasteiger partial charge in [0.25, 0.3) is 0 Å². The van der Waals surface area contributed by atoms with Crippen LogP contribution in [0.5, 0.6) is 0 Å². The molecule has 0 aromatic rings. The van der Waals surface area contributed by atoms with Crippen LogP contribution in [0.25, 0.3) is 0 Å². The van der Waals surface area contributed by atoms with Crippen molar-refractivity contribution in [1.82, 2.24) is 0 Å². The number of phosphoric acid groups is 3. The Kier molecular flexibility index (Phi) is 10.5. The smallest absolute Gasteiger partial charge is 0.302 e. The van der Waals surface area contributed by atoms with E-state index in [0.29, 0.717) is 0 Å². The van der Waals surface area contributed by atoms with E-state index in [1.54, 1.807) is 0 Å². The predicted molar refractivity (Wildman–Crippen MR) is 44.6 cm³/mol. The predicted octanol–water partition coefficient (Wildman–Crippen LogP) is -1.61. The second-order valence-corrected chi connectivity index (χ2v) is 5.82. The van der Waals surface area contributed by atoms with E-state index in [2.05, 4.69) is 8.62 Å². The van der Waals surface area contributed by atoms with Gasteiger partial charge in [-0.25, -0.2) is 13.7 Å². The summed E-state index contributed by atoms with van der Waals surface area (Å²) in [7, 11) is -16.2. The molecule has 0 aromatic heterocycles. The molecule has 0 heterocycles. The van der Waals surface area contributed by atoms with Gasteiger partial charge in [0, 0.05) is 17.1 Å². The average Bonchev–Trinajstić information content (AvgIpc) is 1.43. The van der Waals surface area contributed by atoms with E-state index in [1.165, 1.54) is 0 Å². The number of hydrogen-bond acceptors (Lipinski definition) is 5. The van der Waals surface area contributed by atoms with Gasteiger partial charge in [-0.15, -0.1) is 0 Å². The summed E-state index contributed by atoms with van der Waals surface area (Å²) < 4.78 is 36.4. The molecule has 0 spiro atoms. The van der Waals surface area contributed by atoms with Crippen LogP contribution in [0.2, 0.25) is 0 Å². The maximum atomic E-state index is 10.4. The Labute approximate surface area is 110 Å². The van der Waals surface area contributed by atoms with Crippen molar-refractivity contribution in [3.63, 3.8) is 0 Å². The fraction of sp³-hybridized carbons (Fsp3) is 0. The summed E-state index contributed by atoms with van der Waals surface area (Å²) in [6, 6.07) is 0. The molecule has 5 N–H and O–H groups in total.